The number of halogens is 1. The highest BCUT2D eigenvalue weighted by atomic mass is 19.1. The molecule has 2 aromatic heterocycles. The molecule has 1 unspecified atom stereocenters. The molecule has 3 N–H and O–H groups in total. The fourth-order valence-electron chi connectivity index (χ4n) is 8.58. The first-order valence-corrected chi connectivity index (χ1v) is 23.4. The maximum absolute atomic E-state index is 14.8. The quantitative estimate of drug-likeness (QED) is 0.0725. The van der Waals surface area contributed by atoms with E-state index in [1.165, 1.54) is 34.4 Å². The molecule has 0 saturated carbocycles. The van der Waals surface area contributed by atoms with Gasteiger partial charge in [0.25, 0.3) is 17.8 Å². The predicted molar refractivity (Wildman–Crippen MR) is 251 cm³/mol. The number of carbonyl (C=O) groups is 5. The van der Waals surface area contributed by atoms with E-state index < -0.39 is 29.1 Å². The number of benzene rings is 2. The monoisotopic (exact) mass is 928 g/mol. The van der Waals surface area contributed by atoms with Crippen molar-refractivity contribution in [3.63, 3.8) is 0 Å². The molecule has 1 saturated heterocycles. The van der Waals surface area contributed by atoms with Crippen LogP contribution >= 0.6 is 0 Å². The second-order valence-corrected chi connectivity index (χ2v) is 19.1. The van der Waals surface area contributed by atoms with Gasteiger partial charge in [-0.15, -0.1) is 0 Å². The number of morpholine rings is 1. The summed E-state index contributed by atoms with van der Waals surface area (Å²) in [4.78, 5) is 72.3. The molecule has 5 amide bonds. The van der Waals surface area contributed by atoms with Gasteiger partial charge in [0.15, 0.2) is 5.58 Å². The Bertz CT molecular complexity index is 2450. The first-order chi connectivity index (χ1) is 32.0. The summed E-state index contributed by atoms with van der Waals surface area (Å²) in [5.41, 5.74) is 4.30. The van der Waals surface area contributed by atoms with Gasteiger partial charge in [-0.05, 0) is 82.9 Å². The highest BCUT2D eigenvalue weighted by molar-refractivity contribution is 6.12. The molecule has 4 aromatic rings. The fourth-order valence-corrected chi connectivity index (χ4v) is 8.58. The number of rotatable bonds is 22. The van der Waals surface area contributed by atoms with Crippen molar-refractivity contribution in [3.05, 3.63) is 65.6 Å². The average Bonchev–Trinajstić information content (AvgIpc) is 3.97. The molecule has 3 aliphatic heterocycles. The van der Waals surface area contributed by atoms with Crippen molar-refractivity contribution in [2.24, 2.45) is 5.92 Å². The van der Waals surface area contributed by atoms with E-state index in [4.69, 9.17) is 23.6 Å². The molecule has 0 spiro atoms. The largest absolute Gasteiger partial charge is 0.423 e. The Kier molecular flexibility index (Phi) is 15.7. The van der Waals surface area contributed by atoms with Gasteiger partial charge < -0.3 is 48.9 Å². The minimum Gasteiger partial charge on any atom is -0.423 e. The molecule has 1 fully saturated rings. The minimum absolute atomic E-state index is 0.171. The summed E-state index contributed by atoms with van der Waals surface area (Å²) >= 11 is 0. The lowest BCUT2D eigenvalue weighted by Crippen LogP contribution is -2.52. The second-order valence-electron chi connectivity index (χ2n) is 19.1. The van der Waals surface area contributed by atoms with Crippen molar-refractivity contribution in [1.29, 1.82) is 0 Å². The number of anilines is 2. The van der Waals surface area contributed by atoms with Gasteiger partial charge in [0.05, 0.1) is 49.7 Å². The molecule has 1 atom stereocenters. The number of oxazole rings is 1. The number of amides is 5. The van der Waals surface area contributed by atoms with Gasteiger partial charge in [0.1, 0.15) is 17.4 Å². The molecule has 18 heteroatoms. The first kappa shape index (κ1) is 49.1. The predicted octanol–water partition coefficient (Wildman–Crippen LogP) is 4.77. The van der Waals surface area contributed by atoms with Crippen LogP contribution in [0.15, 0.2) is 53.0 Å². The van der Waals surface area contributed by atoms with Crippen LogP contribution in [0.3, 0.4) is 0 Å². The number of unbranched alkanes of at least 4 members (excludes halogenated alkanes) is 2. The molecule has 0 radical (unpaired) electrons. The summed E-state index contributed by atoms with van der Waals surface area (Å²) in [6.07, 6.45) is 5.18. The van der Waals surface area contributed by atoms with E-state index in [1.807, 2.05) is 53.7 Å². The molecule has 17 nitrogen and oxygen atoms in total. The Morgan fingerprint density at radius 2 is 1.63 bits per heavy atom. The summed E-state index contributed by atoms with van der Waals surface area (Å²) in [5.74, 6) is -2.35. The standard InChI is InChI=1S/C49H65FN8O9/c1-32(2)45(54-41(59)10-8-7-9-18-58-43(61)15-16-44(58)62)46(63)51-28-42(60)52-30-48(3,4)66-31-49(5,6)65-25-22-57-38-17-19-56(29-36(38)35-13-11-33(50)26-39(35)57)34-12-14-40-37(27-34)53-47(67-40)55-20-23-64-24-21-55/h11-16,26-27,32,45H,7-10,17-25,28-31H2,1-6H3,(H,51,63)(H,52,60)(H,54,59). The van der Waals surface area contributed by atoms with Gasteiger partial charge in [0.2, 0.25) is 17.7 Å². The molecular weight excluding hydrogens is 864 g/mol. The third kappa shape index (κ3) is 12.6. The number of carbonyl (C=O) groups excluding carboxylic acids is 5. The van der Waals surface area contributed by atoms with Crippen molar-refractivity contribution in [1.82, 2.24) is 30.4 Å². The number of ether oxygens (including phenoxy) is 3. The summed E-state index contributed by atoms with van der Waals surface area (Å²) in [5, 5.41) is 9.25. The number of nitrogens with zero attached hydrogens (tertiary/aromatic N) is 5. The van der Waals surface area contributed by atoms with Crippen molar-refractivity contribution in [3.8, 4) is 0 Å². The zero-order valence-corrected chi connectivity index (χ0v) is 39.6. The van der Waals surface area contributed by atoms with Crippen LogP contribution in [-0.2, 0) is 57.7 Å². The SMILES string of the molecule is CC(C)C(NC(=O)CCCCCN1C(=O)C=CC1=O)C(=O)NCC(=O)NCC(C)(C)OCC(C)(C)OCCn1c2c(c3ccc(F)cc31)CN(c1ccc3oc(N4CCOCC4)nc3c1)CC2. The van der Waals surface area contributed by atoms with Crippen LogP contribution in [0.25, 0.3) is 22.0 Å². The minimum atomic E-state index is -0.829. The average molecular weight is 929 g/mol. The molecule has 3 aliphatic rings. The number of fused-ring (bicyclic) bond motifs is 4. The van der Waals surface area contributed by atoms with E-state index in [9.17, 15) is 28.4 Å². The number of nitrogens with one attached hydrogen (secondary N) is 3. The van der Waals surface area contributed by atoms with E-state index in [-0.39, 0.29) is 55.6 Å². The number of hydrogen-bond donors (Lipinski definition) is 3. The van der Waals surface area contributed by atoms with Crippen LogP contribution in [0.2, 0.25) is 0 Å². The molecule has 7 rings (SSSR count). The maximum Gasteiger partial charge on any atom is 0.298 e. The molecule has 67 heavy (non-hydrogen) atoms. The van der Waals surface area contributed by atoms with Crippen LogP contribution in [0.5, 0.6) is 0 Å². The third-order valence-corrected chi connectivity index (χ3v) is 12.4. The Morgan fingerprint density at radius 1 is 0.866 bits per heavy atom. The lowest BCUT2D eigenvalue weighted by atomic mass is 10.0. The topological polar surface area (TPSA) is 190 Å². The second kappa shape index (κ2) is 21.4. The van der Waals surface area contributed by atoms with E-state index in [1.54, 1.807) is 6.07 Å². The van der Waals surface area contributed by atoms with Gasteiger partial charge in [0, 0.05) is 93.1 Å². The first-order valence-electron chi connectivity index (χ1n) is 23.4. The zero-order valence-electron chi connectivity index (χ0n) is 39.6. The molecule has 5 heterocycles. The Balaban J connectivity index is 0.842. The van der Waals surface area contributed by atoms with Crippen molar-refractivity contribution >= 4 is 63.2 Å². The zero-order chi connectivity index (χ0) is 47.9. The van der Waals surface area contributed by atoms with Gasteiger partial charge in [-0.2, -0.15) is 4.98 Å². The van der Waals surface area contributed by atoms with Crippen molar-refractivity contribution in [2.75, 3.05) is 75.5 Å². The number of hydrogen-bond acceptors (Lipinski definition) is 12. The lowest BCUT2D eigenvalue weighted by molar-refractivity contribution is -0.137. The highest BCUT2D eigenvalue weighted by Gasteiger charge is 2.30. The molecular formula is C49H65FN8O9. The van der Waals surface area contributed by atoms with Crippen LogP contribution in [0, 0.1) is 11.7 Å². The molecule has 0 bridgehead atoms. The third-order valence-electron chi connectivity index (χ3n) is 12.4. The summed E-state index contributed by atoms with van der Waals surface area (Å²) < 4.78 is 41.2. The van der Waals surface area contributed by atoms with E-state index in [2.05, 4.69) is 42.5 Å². The lowest BCUT2D eigenvalue weighted by Gasteiger charge is -2.32. The maximum atomic E-state index is 14.8. The summed E-state index contributed by atoms with van der Waals surface area (Å²) in [7, 11) is 0. The normalized spacial score (nSPS) is 16.1. The Morgan fingerprint density at radius 3 is 2.37 bits per heavy atom. The summed E-state index contributed by atoms with van der Waals surface area (Å²) in [6, 6.07) is 10.9. The molecule has 362 valence electrons. The highest BCUT2D eigenvalue weighted by Crippen LogP contribution is 2.35. The molecule has 0 aliphatic carbocycles. The van der Waals surface area contributed by atoms with Crippen LogP contribution in [0.4, 0.5) is 16.1 Å². The Labute approximate surface area is 390 Å². The summed E-state index contributed by atoms with van der Waals surface area (Å²) in [6.45, 7) is 16.7. The smallest absolute Gasteiger partial charge is 0.298 e. The van der Waals surface area contributed by atoms with E-state index in [0.717, 1.165) is 53.7 Å². The van der Waals surface area contributed by atoms with E-state index >= 15 is 0 Å². The number of aromatic nitrogens is 2. The van der Waals surface area contributed by atoms with Gasteiger partial charge in [-0.3, -0.25) is 28.9 Å². The van der Waals surface area contributed by atoms with Gasteiger partial charge in [-0.25, -0.2) is 4.39 Å². The van der Waals surface area contributed by atoms with Crippen molar-refractivity contribution < 1.29 is 47.0 Å². The van der Waals surface area contributed by atoms with Crippen LogP contribution in [0.1, 0.15) is 78.5 Å². The van der Waals surface area contributed by atoms with Crippen molar-refractivity contribution in [2.45, 2.75) is 104 Å². The van der Waals surface area contributed by atoms with Gasteiger partial charge >= 0.3 is 0 Å². The van der Waals surface area contributed by atoms with Crippen LogP contribution < -0.4 is 25.8 Å². The Hall–Kier alpha value is -5.85. The van der Waals surface area contributed by atoms with Crippen LogP contribution in [-0.4, -0.2) is 127 Å². The number of imide groups is 1. The van der Waals surface area contributed by atoms with E-state index in [0.29, 0.717) is 64.7 Å². The molecule has 2 aromatic carbocycles. The fraction of sp³-hybridized carbons (Fsp3) is 0.551. The van der Waals surface area contributed by atoms with Gasteiger partial charge in [-0.1, -0.05) is 20.3 Å².